The number of hydrogen-bond donors (Lipinski definition) is 1. The largest absolute Gasteiger partial charge is 0.362 e. The minimum absolute atomic E-state index is 0. The first-order valence-electron chi connectivity index (χ1n) is 4.21. The molecule has 1 aromatic carbocycles. The van der Waals surface area contributed by atoms with Crippen molar-refractivity contribution in [1.82, 2.24) is 4.98 Å². The zero-order valence-electron chi connectivity index (χ0n) is 7.36. The summed E-state index contributed by atoms with van der Waals surface area (Å²) in [6.07, 6.45) is 5.13. The van der Waals surface area contributed by atoms with E-state index in [2.05, 4.69) is 28.5 Å². The van der Waals surface area contributed by atoms with Crippen molar-refractivity contribution in [3.8, 4) is 0 Å². The quantitative estimate of drug-likeness (QED) is 0.744. The predicted octanol–water partition coefficient (Wildman–Crippen LogP) is 3.20. The molecule has 1 aliphatic heterocycles. The number of aromatic nitrogens is 1. The number of fused-ring (bicyclic) bond motifs is 2. The number of allylic oxidation sites excluding steroid dienone is 1. The number of rotatable bonds is 0. The van der Waals surface area contributed by atoms with Gasteiger partial charge in [0.1, 0.15) is 0 Å². The lowest BCUT2D eigenvalue weighted by Gasteiger charge is -2.11. The summed E-state index contributed by atoms with van der Waals surface area (Å²) < 4.78 is 1.25. The number of thiazole rings is 1. The van der Waals surface area contributed by atoms with Gasteiger partial charge in [0.15, 0.2) is 0 Å². The lowest BCUT2D eigenvalue weighted by Crippen LogP contribution is -1.98. The zero-order valence-corrected chi connectivity index (χ0v) is 8.99. The van der Waals surface area contributed by atoms with Crippen LogP contribution in [0.1, 0.15) is 5.56 Å². The Kier molecular flexibility index (Phi) is 2.44. The Morgan fingerprint density at radius 3 is 3.21 bits per heavy atom. The van der Waals surface area contributed by atoms with E-state index in [1.54, 1.807) is 11.3 Å². The number of anilines is 1. The van der Waals surface area contributed by atoms with Crippen molar-refractivity contribution < 1.29 is 0 Å². The highest BCUT2D eigenvalue weighted by molar-refractivity contribution is 7.16. The highest BCUT2D eigenvalue weighted by Gasteiger charge is 2.07. The van der Waals surface area contributed by atoms with Crippen LogP contribution < -0.4 is 5.32 Å². The normalized spacial score (nSPS) is 13.1. The van der Waals surface area contributed by atoms with Gasteiger partial charge in [-0.2, -0.15) is 0 Å². The molecule has 0 aliphatic carbocycles. The molecule has 0 amide bonds. The van der Waals surface area contributed by atoms with Crippen molar-refractivity contribution in [2.24, 2.45) is 0 Å². The van der Waals surface area contributed by atoms with Crippen LogP contribution in [0.15, 0.2) is 29.9 Å². The predicted molar refractivity (Wildman–Crippen MR) is 63.3 cm³/mol. The monoisotopic (exact) mass is 224 g/mol. The molecule has 1 N–H and O–H groups in total. The van der Waals surface area contributed by atoms with Gasteiger partial charge in [0, 0.05) is 5.69 Å². The Balaban J connectivity index is 0.000000750. The Labute approximate surface area is 92.1 Å². The van der Waals surface area contributed by atoms with Crippen molar-refractivity contribution >= 4 is 39.6 Å². The molecule has 2 aromatic rings. The summed E-state index contributed by atoms with van der Waals surface area (Å²) in [5, 5.41) is 3.24. The first-order chi connectivity index (χ1) is 6.43. The number of nitrogens with one attached hydrogen (secondary N) is 1. The molecule has 0 fully saturated rings. The molecule has 0 bridgehead atoms. The van der Waals surface area contributed by atoms with E-state index in [0.29, 0.717) is 0 Å². The molecule has 0 radical (unpaired) electrons. The fraction of sp³-hybridized carbons (Fsp3) is 0.100. The summed E-state index contributed by atoms with van der Waals surface area (Å²) in [6, 6.07) is 4.34. The minimum atomic E-state index is 0. The van der Waals surface area contributed by atoms with Gasteiger partial charge in [-0.15, -0.1) is 23.7 Å². The van der Waals surface area contributed by atoms with Gasteiger partial charge in [0.25, 0.3) is 0 Å². The van der Waals surface area contributed by atoms with Gasteiger partial charge in [-0.1, -0.05) is 6.08 Å². The molecule has 0 saturated heterocycles. The summed E-state index contributed by atoms with van der Waals surface area (Å²) in [7, 11) is 0. The van der Waals surface area contributed by atoms with Gasteiger partial charge >= 0.3 is 0 Å². The van der Waals surface area contributed by atoms with Gasteiger partial charge < -0.3 is 5.32 Å². The molecule has 1 aromatic heterocycles. The second kappa shape index (κ2) is 3.59. The molecular formula is C10H9ClN2S. The van der Waals surface area contributed by atoms with Crippen molar-refractivity contribution in [3.05, 3.63) is 35.5 Å². The van der Waals surface area contributed by atoms with Crippen molar-refractivity contribution in [2.45, 2.75) is 6.42 Å². The average Bonchev–Trinajstić information content (AvgIpc) is 2.61. The van der Waals surface area contributed by atoms with Crippen LogP contribution in [0, 0.1) is 0 Å². The third kappa shape index (κ3) is 1.38. The van der Waals surface area contributed by atoms with E-state index < -0.39 is 0 Å². The Morgan fingerprint density at radius 2 is 2.29 bits per heavy atom. The lowest BCUT2D eigenvalue weighted by atomic mass is 10.1. The smallest absolute Gasteiger partial charge is 0.0816 e. The number of benzene rings is 1. The van der Waals surface area contributed by atoms with E-state index in [0.717, 1.165) is 11.9 Å². The summed E-state index contributed by atoms with van der Waals surface area (Å²) in [6.45, 7) is 0. The maximum Gasteiger partial charge on any atom is 0.0816 e. The minimum Gasteiger partial charge on any atom is -0.362 e. The molecule has 1 aliphatic rings. The number of hydrogen-bond acceptors (Lipinski definition) is 3. The second-order valence-corrected chi connectivity index (χ2v) is 3.97. The van der Waals surface area contributed by atoms with E-state index in [1.807, 2.05) is 11.7 Å². The second-order valence-electron chi connectivity index (χ2n) is 3.08. The van der Waals surface area contributed by atoms with Crippen LogP contribution >= 0.6 is 23.7 Å². The van der Waals surface area contributed by atoms with Gasteiger partial charge in [0.05, 0.1) is 15.7 Å². The Bertz CT molecular complexity index is 448. The molecule has 4 heteroatoms. The molecule has 0 saturated carbocycles. The number of nitrogens with zero attached hydrogens (tertiary/aromatic N) is 1. The summed E-state index contributed by atoms with van der Waals surface area (Å²) in [5.41, 5.74) is 5.56. The average molecular weight is 225 g/mol. The molecule has 14 heavy (non-hydrogen) atoms. The van der Waals surface area contributed by atoms with Crippen molar-refractivity contribution in [3.63, 3.8) is 0 Å². The maximum atomic E-state index is 4.29. The summed E-state index contributed by atoms with van der Waals surface area (Å²) >= 11 is 1.68. The van der Waals surface area contributed by atoms with Crippen molar-refractivity contribution in [1.29, 1.82) is 0 Å². The van der Waals surface area contributed by atoms with Gasteiger partial charge in [-0.3, -0.25) is 0 Å². The molecule has 2 nitrogen and oxygen atoms in total. The van der Waals surface area contributed by atoms with Crippen LogP contribution in [0.5, 0.6) is 0 Å². The van der Waals surface area contributed by atoms with Crippen molar-refractivity contribution in [2.75, 3.05) is 5.32 Å². The molecule has 3 rings (SSSR count). The van der Waals surface area contributed by atoms with Gasteiger partial charge in [0.2, 0.25) is 0 Å². The van der Waals surface area contributed by atoms with E-state index in [1.165, 1.54) is 16.0 Å². The molecule has 2 heterocycles. The van der Waals surface area contributed by atoms with E-state index in [4.69, 9.17) is 0 Å². The fourth-order valence-electron chi connectivity index (χ4n) is 1.58. The summed E-state index contributed by atoms with van der Waals surface area (Å²) in [5.74, 6) is 0. The van der Waals surface area contributed by atoms with Crippen LogP contribution in [-0.2, 0) is 6.42 Å². The highest BCUT2D eigenvalue weighted by Crippen LogP contribution is 2.28. The summed E-state index contributed by atoms with van der Waals surface area (Å²) in [4.78, 5) is 4.29. The first-order valence-corrected chi connectivity index (χ1v) is 5.09. The molecule has 72 valence electrons. The number of halogens is 1. The van der Waals surface area contributed by atoms with E-state index in [-0.39, 0.29) is 12.4 Å². The molecule has 0 unspecified atom stereocenters. The maximum absolute atomic E-state index is 4.29. The van der Waals surface area contributed by atoms with E-state index >= 15 is 0 Å². The van der Waals surface area contributed by atoms with Gasteiger partial charge in [-0.25, -0.2) is 4.98 Å². The Hall–Kier alpha value is -1.06. The van der Waals surface area contributed by atoms with Crippen LogP contribution in [-0.4, -0.2) is 4.98 Å². The first kappa shape index (κ1) is 9.49. The highest BCUT2D eigenvalue weighted by atomic mass is 35.5. The molecule has 0 spiro atoms. The molecule has 0 atom stereocenters. The zero-order chi connectivity index (χ0) is 8.67. The lowest BCUT2D eigenvalue weighted by molar-refractivity contribution is 1.23. The van der Waals surface area contributed by atoms with Gasteiger partial charge in [-0.05, 0) is 30.3 Å². The van der Waals surface area contributed by atoms with Crippen LogP contribution in [0.25, 0.3) is 10.2 Å². The Morgan fingerprint density at radius 1 is 1.36 bits per heavy atom. The van der Waals surface area contributed by atoms with Crippen LogP contribution in [0.2, 0.25) is 0 Å². The van der Waals surface area contributed by atoms with Crippen LogP contribution in [0.4, 0.5) is 5.69 Å². The standard InChI is InChI=1S/C10H8N2S.ClH/c1-2-7-4-9-10(13-6-12-9)5-8(7)11-3-1;/h1,3-6,11H,2H2;1H. The van der Waals surface area contributed by atoms with Crippen LogP contribution in [0.3, 0.4) is 0 Å². The molecular weight excluding hydrogens is 216 g/mol. The topological polar surface area (TPSA) is 24.9 Å². The third-order valence-electron chi connectivity index (χ3n) is 2.25. The third-order valence-corrected chi connectivity index (χ3v) is 3.04. The SMILES string of the molecule is C1=CNc2cc3scnc3cc2C1.Cl. The fourth-order valence-corrected chi connectivity index (χ4v) is 2.28. The van der Waals surface area contributed by atoms with E-state index in [9.17, 15) is 0 Å².